The van der Waals surface area contributed by atoms with Crippen LogP contribution in [-0.2, 0) is 0 Å². The molecule has 2 rings (SSSR count). The van der Waals surface area contributed by atoms with Crippen LogP contribution in [0.15, 0.2) is 35.0 Å². The molecule has 1 aromatic heterocycles. The molecule has 0 spiro atoms. The number of aliphatic hydroxyl groups is 1. The number of nitro groups is 1. The minimum atomic E-state index is -0.718. The maximum absolute atomic E-state index is 10.9. The Morgan fingerprint density at radius 3 is 2.89 bits per heavy atom. The molecule has 0 saturated heterocycles. The number of nitro benzene ring substituents is 1. The Labute approximate surface area is 118 Å². The summed E-state index contributed by atoms with van der Waals surface area (Å²) < 4.78 is 0. The van der Waals surface area contributed by atoms with Crippen LogP contribution in [0.4, 0.5) is 11.4 Å². The van der Waals surface area contributed by atoms with Gasteiger partial charge in [-0.2, -0.15) is 11.3 Å². The molecule has 7 heteroatoms. The summed E-state index contributed by atoms with van der Waals surface area (Å²) in [5.41, 5.74) is 1.01. The lowest BCUT2D eigenvalue weighted by Crippen LogP contribution is -2.12. The highest BCUT2D eigenvalue weighted by atomic mass is 35.5. The predicted molar refractivity (Wildman–Crippen MR) is 75.9 cm³/mol. The van der Waals surface area contributed by atoms with Crippen molar-refractivity contribution in [2.24, 2.45) is 0 Å². The molecule has 19 heavy (non-hydrogen) atoms. The van der Waals surface area contributed by atoms with E-state index < -0.39 is 11.0 Å². The summed E-state index contributed by atoms with van der Waals surface area (Å²) in [6, 6.07) is 6.07. The quantitative estimate of drug-likeness (QED) is 0.655. The van der Waals surface area contributed by atoms with Crippen LogP contribution in [0.2, 0.25) is 5.02 Å². The fourth-order valence-electron chi connectivity index (χ4n) is 1.60. The van der Waals surface area contributed by atoms with E-state index in [4.69, 9.17) is 11.6 Å². The van der Waals surface area contributed by atoms with E-state index in [1.54, 1.807) is 0 Å². The largest absolute Gasteiger partial charge is 0.387 e. The number of anilines is 1. The minimum Gasteiger partial charge on any atom is -0.387 e. The Hall–Kier alpha value is -1.63. The average Bonchev–Trinajstić information content (AvgIpc) is 2.89. The van der Waals surface area contributed by atoms with Gasteiger partial charge in [-0.25, -0.2) is 0 Å². The second-order valence-electron chi connectivity index (χ2n) is 3.87. The summed E-state index contributed by atoms with van der Waals surface area (Å²) in [6.07, 6.45) is -0.718. The van der Waals surface area contributed by atoms with Crippen LogP contribution < -0.4 is 5.32 Å². The first-order valence-electron chi connectivity index (χ1n) is 5.46. The van der Waals surface area contributed by atoms with E-state index in [9.17, 15) is 15.2 Å². The second-order valence-corrected chi connectivity index (χ2v) is 5.09. The van der Waals surface area contributed by atoms with Gasteiger partial charge in [-0.3, -0.25) is 10.1 Å². The monoisotopic (exact) mass is 298 g/mol. The van der Waals surface area contributed by atoms with Gasteiger partial charge in [0.2, 0.25) is 0 Å². The molecule has 0 aliphatic heterocycles. The van der Waals surface area contributed by atoms with Crippen molar-refractivity contribution in [3.8, 4) is 0 Å². The van der Waals surface area contributed by atoms with Crippen molar-refractivity contribution in [1.82, 2.24) is 0 Å². The number of hydrogen-bond acceptors (Lipinski definition) is 5. The first-order valence-corrected chi connectivity index (χ1v) is 6.78. The van der Waals surface area contributed by atoms with Gasteiger partial charge in [0.15, 0.2) is 0 Å². The Kier molecular flexibility index (Phi) is 4.36. The van der Waals surface area contributed by atoms with Crippen LogP contribution in [0.25, 0.3) is 0 Å². The number of hydrogen-bond donors (Lipinski definition) is 2. The van der Waals surface area contributed by atoms with E-state index in [0.29, 0.717) is 10.7 Å². The van der Waals surface area contributed by atoms with Crippen molar-refractivity contribution in [2.45, 2.75) is 6.10 Å². The van der Waals surface area contributed by atoms with E-state index in [-0.39, 0.29) is 12.2 Å². The summed E-state index contributed by atoms with van der Waals surface area (Å²) in [7, 11) is 0. The van der Waals surface area contributed by atoms with Crippen LogP contribution >= 0.6 is 22.9 Å². The van der Waals surface area contributed by atoms with E-state index >= 15 is 0 Å². The number of nitrogens with zero attached hydrogens (tertiary/aromatic N) is 1. The van der Waals surface area contributed by atoms with Crippen molar-refractivity contribution in [2.75, 3.05) is 11.9 Å². The van der Waals surface area contributed by atoms with E-state index in [1.165, 1.54) is 29.5 Å². The second kappa shape index (κ2) is 6.01. The summed E-state index contributed by atoms with van der Waals surface area (Å²) in [5, 5.41) is 27.7. The van der Waals surface area contributed by atoms with Gasteiger partial charge in [-0.15, -0.1) is 0 Å². The number of nitrogens with one attached hydrogen (secondary N) is 1. The topological polar surface area (TPSA) is 75.4 Å². The number of benzene rings is 1. The molecule has 0 aliphatic carbocycles. The molecule has 1 heterocycles. The zero-order valence-electron chi connectivity index (χ0n) is 9.75. The molecule has 100 valence electrons. The molecule has 0 radical (unpaired) electrons. The van der Waals surface area contributed by atoms with Gasteiger partial charge in [-0.1, -0.05) is 11.6 Å². The lowest BCUT2D eigenvalue weighted by Gasteiger charge is -2.12. The van der Waals surface area contributed by atoms with Crippen molar-refractivity contribution in [3.05, 3.63) is 55.7 Å². The summed E-state index contributed by atoms with van der Waals surface area (Å²) >= 11 is 7.30. The van der Waals surface area contributed by atoms with Crippen LogP contribution in [0.5, 0.6) is 0 Å². The highest BCUT2D eigenvalue weighted by molar-refractivity contribution is 7.07. The predicted octanol–water partition coefficient (Wildman–Crippen LogP) is 3.46. The number of halogens is 1. The van der Waals surface area contributed by atoms with Crippen molar-refractivity contribution in [3.63, 3.8) is 0 Å². The molecule has 1 unspecified atom stereocenters. The maximum Gasteiger partial charge on any atom is 0.292 e. The Balaban J connectivity index is 2.10. The average molecular weight is 299 g/mol. The van der Waals surface area contributed by atoms with Gasteiger partial charge in [0, 0.05) is 17.6 Å². The van der Waals surface area contributed by atoms with Crippen molar-refractivity contribution in [1.29, 1.82) is 0 Å². The molecule has 1 aromatic carbocycles. The normalized spacial score (nSPS) is 12.1. The SMILES string of the molecule is O=[N+]([O-])c1ccc(Cl)cc1NCC(O)c1ccsc1. The van der Waals surface area contributed by atoms with Gasteiger partial charge in [-0.05, 0) is 34.5 Å². The maximum atomic E-state index is 10.9. The zero-order chi connectivity index (χ0) is 13.8. The third kappa shape index (κ3) is 3.44. The van der Waals surface area contributed by atoms with Gasteiger partial charge in [0.1, 0.15) is 5.69 Å². The van der Waals surface area contributed by atoms with E-state index in [2.05, 4.69) is 5.32 Å². The number of aliphatic hydroxyl groups excluding tert-OH is 1. The molecule has 1 atom stereocenters. The fourth-order valence-corrected chi connectivity index (χ4v) is 2.48. The molecule has 2 N–H and O–H groups in total. The van der Waals surface area contributed by atoms with E-state index in [0.717, 1.165) is 5.56 Å². The van der Waals surface area contributed by atoms with Crippen molar-refractivity contribution < 1.29 is 10.0 Å². The lowest BCUT2D eigenvalue weighted by molar-refractivity contribution is -0.384. The smallest absolute Gasteiger partial charge is 0.292 e. The number of rotatable bonds is 5. The van der Waals surface area contributed by atoms with Gasteiger partial charge in [0.25, 0.3) is 5.69 Å². The minimum absolute atomic E-state index is 0.0677. The molecule has 2 aromatic rings. The summed E-state index contributed by atoms with van der Waals surface area (Å²) in [5.74, 6) is 0. The molecule has 0 saturated carbocycles. The van der Waals surface area contributed by atoms with Gasteiger partial charge in [0.05, 0.1) is 11.0 Å². The Bertz CT molecular complexity index is 574. The number of thiophene rings is 1. The third-order valence-electron chi connectivity index (χ3n) is 2.57. The summed E-state index contributed by atoms with van der Waals surface area (Å²) in [4.78, 5) is 10.4. The van der Waals surface area contributed by atoms with E-state index in [1.807, 2.05) is 16.8 Å². The van der Waals surface area contributed by atoms with Gasteiger partial charge < -0.3 is 10.4 Å². The lowest BCUT2D eigenvalue weighted by atomic mass is 10.2. The van der Waals surface area contributed by atoms with Crippen LogP contribution in [-0.4, -0.2) is 16.6 Å². The van der Waals surface area contributed by atoms with Gasteiger partial charge >= 0.3 is 0 Å². The standard InChI is InChI=1S/C12H11ClN2O3S/c13-9-1-2-11(15(17)18)10(5-9)14-6-12(16)8-3-4-19-7-8/h1-5,7,12,14,16H,6H2. The molecule has 0 bridgehead atoms. The van der Waals surface area contributed by atoms with Crippen LogP contribution in [0.1, 0.15) is 11.7 Å². The molecule has 0 fully saturated rings. The van der Waals surface area contributed by atoms with Crippen molar-refractivity contribution >= 4 is 34.3 Å². The first kappa shape index (κ1) is 13.8. The molecule has 5 nitrogen and oxygen atoms in total. The summed E-state index contributed by atoms with van der Waals surface area (Å²) in [6.45, 7) is 0.178. The molecular weight excluding hydrogens is 288 g/mol. The fraction of sp³-hybridized carbons (Fsp3) is 0.167. The highest BCUT2D eigenvalue weighted by Crippen LogP contribution is 2.28. The highest BCUT2D eigenvalue weighted by Gasteiger charge is 2.15. The van der Waals surface area contributed by atoms with Crippen LogP contribution in [0.3, 0.4) is 0 Å². The Morgan fingerprint density at radius 1 is 1.47 bits per heavy atom. The first-order chi connectivity index (χ1) is 9.08. The molecular formula is C12H11ClN2O3S. The molecule has 0 amide bonds. The molecule has 0 aliphatic rings. The third-order valence-corrected chi connectivity index (χ3v) is 3.51. The van der Waals surface area contributed by atoms with Crippen LogP contribution in [0, 0.1) is 10.1 Å². The zero-order valence-corrected chi connectivity index (χ0v) is 11.3. The Morgan fingerprint density at radius 2 is 2.26 bits per heavy atom.